The summed E-state index contributed by atoms with van der Waals surface area (Å²) in [5, 5.41) is 5.26. The van der Waals surface area contributed by atoms with Gasteiger partial charge in [0.05, 0.1) is 10.5 Å². The van der Waals surface area contributed by atoms with Crippen LogP contribution in [0.25, 0.3) is 22.6 Å². The molecule has 9 heteroatoms. The smallest absolute Gasteiger partial charge is 0.238 e. The van der Waals surface area contributed by atoms with Crippen LogP contribution in [0.3, 0.4) is 0 Å². The van der Waals surface area contributed by atoms with Crippen molar-refractivity contribution in [3.05, 3.63) is 95.9 Å². The van der Waals surface area contributed by atoms with Crippen LogP contribution in [0.2, 0.25) is 0 Å². The van der Waals surface area contributed by atoms with Crippen molar-refractivity contribution < 1.29 is 22.3 Å². The molecule has 0 saturated carbocycles. The van der Waals surface area contributed by atoms with Crippen LogP contribution in [0, 0.1) is 0 Å². The van der Waals surface area contributed by atoms with Crippen LogP contribution in [0.4, 0.5) is 0 Å². The zero-order valence-corrected chi connectivity index (χ0v) is 23.5. The summed E-state index contributed by atoms with van der Waals surface area (Å²) < 4.78 is 41.1. The van der Waals surface area contributed by atoms with E-state index in [0.717, 1.165) is 41.2 Å². The number of thioether (sulfide) groups is 1. The minimum Gasteiger partial charge on any atom is -0.440 e. The summed E-state index contributed by atoms with van der Waals surface area (Å²) in [6, 6.07) is 24.9. The standard InChI is InChI=1S/C30H32N2O5S2/c1-35-30(15-17-36-18-16-30)25-9-5-6-22(20-25)21-38-19-14-27-32-28(23-7-3-2-4-8-23)29(37-27)24-10-12-26(13-11-24)39(31,33)34/h2-13,20H,14-19,21H2,1H3,(H2,31,33,34). The monoisotopic (exact) mass is 564 g/mol. The molecule has 0 atom stereocenters. The second-order valence-corrected chi connectivity index (χ2v) is 12.2. The Morgan fingerprint density at radius 3 is 2.41 bits per heavy atom. The molecule has 39 heavy (non-hydrogen) atoms. The molecule has 1 aliphatic rings. The van der Waals surface area contributed by atoms with Gasteiger partial charge in [0.2, 0.25) is 10.0 Å². The van der Waals surface area contributed by atoms with Gasteiger partial charge < -0.3 is 13.9 Å². The first-order valence-corrected chi connectivity index (χ1v) is 15.6. The molecule has 0 unspecified atom stereocenters. The molecule has 0 spiro atoms. The SMILES string of the molecule is COC1(c2cccc(CSCCc3nc(-c4ccccc4)c(-c4ccc(S(N)(=O)=O)cc4)o3)c2)CCOCC1. The molecule has 0 bridgehead atoms. The molecule has 1 aliphatic heterocycles. The number of ether oxygens (including phenoxy) is 2. The number of sulfonamides is 1. The van der Waals surface area contributed by atoms with Crippen molar-refractivity contribution in [3.63, 3.8) is 0 Å². The molecule has 1 fully saturated rings. The average Bonchev–Trinajstić information content (AvgIpc) is 3.40. The van der Waals surface area contributed by atoms with Crippen LogP contribution in [-0.2, 0) is 37.3 Å². The van der Waals surface area contributed by atoms with Crippen molar-refractivity contribution in [1.29, 1.82) is 0 Å². The van der Waals surface area contributed by atoms with E-state index < -0.39 is 10.0 Å². The molecule has 3 aromatic carbocycles. The summed E-state index contributed by atoms with van der Waals surface area (Å²) >= 11 is 1.83. The lowest BCUT2D eigenvalue weighted by Gasteiger charge is -2.36. The van der Waals surface area contributed by atoms with E-state index >= 15 is 0 Å². The number of aryl methyl sites for hydroxylation is 1. The Hall–Kier alpha value is -2.95. The fourth-order valence-corrected chi connectivity index (χ4v) is 6.25. The summed E-state index contributed by atoms with van der Waals surface area (Å²) in [6.07, 6.45) is 2.39. The third-order valence-corrected chi connectivity index (χ3v) is 9.00. The first-order valence-electron chi connectivity index (χ1n) is 12.9. The van der Waals surface area contributed by atoms with Crippen LogP contribution < -0.4 is 5.14 Å². The molecule has 1 saturated heterocycles. The van der Waals surface area contributed by atoms with Crippen molar-refractivity contribution in [2.75, 3.05) is 26.1 Å². The van der Waals surface area contributed by atoms with Gasteiger partial charge in [0, 0.05) is 62.2 Å². The Morgan fingerprint density at radius 1 is 0.974 bits per heavy atom. The number of methoxy groups -OCH3 is 1. The molecule has 2 N–H and O–H groups in total. The molecule has 7 nitrogen and oxygen atoms in total. The fraction of sp³-hybridized carbons (Fsp3) is 0.300. The van der Waals surface area contributed by atoms with E-state index in [1.165, 1.54) is 23.3 Å². The highest BCUT2D eigenvalue weighted by molar-refractivity contribution is 7.98. The molecular weight excluding hydrogens is 532 g/mol. The maximum atomic E-state index is 11.7. The molecule has 1 aromatic heterocycles. The Labute approximate surface area is 233 Å². The van der Waals surface area contributed by atoms with Crippen molar-refractivity contribution >= 4 is 21.8 Å². The van der Waals surface area contributed by atoms with E-state index in [0.29, 0.717) is 31.3 Å². The number of hydrogen-bond donors (Lipinski definition) is 1. The minimum atomic E-state index is -3.77. The highest BCUT2D eigenvalue weighted by atomic mass is 32.2. The van der Waals surface area contributed by atoms with Gasteiger partial charge in [-0.1, -0.05) is 54.6 Å². The van der Waals surface area contributed by atoms with Crippen LogP contribution in [0.5, 0.6) is 0 Å². The summed E-state index contributed by atoms with van der Waals surface area (Å²) in [4.78, 5) is 4.87. The van der Waals surface area contributed by atoms with E-state index in [1.54, 1.807) is 19.2 Å². The van der Waals surface area contributed by atoms with Gasteiger partial charge >= 0.3 is 0 Å². The summed E-state index contributed by atoms with van der Waals surface area (Å²) in [5.74, 6) is 2.96. The predicted octanol–water partition coefficient (Wildman–Crippen LogP) is 5.78. The Balaban J connectivity index is 1.29. The van der Waals surface area contributed by atoms with E-state index in [1.807, 2.05) is 42.1 Å². The third-order valence-electron chi connectivity index (χ3n) is 7.04. The van der Waals surface area contributed by atoms with Crippen molar-refractivity contribution in [1.82, 2.24) is 4.98 Å². The molecule has 0 amide bonds. The molecule has 5 rings (SSSR count). The third kappa shape index (κ3) is 6.45. The zero-order valence-electron chi connectivity index (χ0n) is 21.8. The highest BCUT2D eigenvalue weighted by Crippen LogP contribution is 2.36. The van der Waals surface area contributed by atoms with Gasteiger partial charge in [0.1, 0.15) is 5.69 Å². The normalized spacial score (nSPS) is 15.3. The lowest BCUT2D eigenvalue weighted by molar-refractivity contribution is -0.0948. The number of primary sulfonamides is 1. The summed E-state index contributed by atoms with van der Waals surface area (Å²) in [6.45, 7) is 1.43. The lowest BCUT2D eigenvalue weighted by atomic mass is 9.85. The molecule has 2 heterocycles. The van der Waals surface area contributed by atoms with Crippen molar-refractivity contribution in [2.24, 2.45) is 5.14 Å². The highest BCUT2D eigenvalue weighted by Gasteiger charge is 2.34. The van der Waals surface area contributed by atoms with Crippen LogP contribution in [0.15, 0.2) is 88.2 Å². The van der Waals surface area contributed by atoms with Gasteiger partial charge in [0.25, 0.3) is 0 Å². The van der Waals surface area contributed by atoms with Crippen LogP contribution >= 0.6 is 11.8 Å². The van der Waals surface area contributed by atoms with Gasteiger partial charge in [-0.15, -0.1) is 0 Å². The molecule has 0 aliphatic carbocycles. The number of nitrogens with zero attached hydrogens (tertiary/aromatic N) is 1. The first kappa shape index (κ1) is 27.6. The average molecular weight is 565 g/mol. The summed E-state index contributed by atoms with van der Waals surface area (Å²) in [7, 11) is -1.99. The topological polar surface area (TPSA) is 105 Å². The summed E-state index contributed by atoms with van der Waals surface area (Å²) in [5.41, 5.74) is 4.60. The van der Waals surface area contributed by atoms with Crippen LogP contribution in [0.1, 0.15) is 29.9 Å². The van der Waals surface area contributed by atoms with Gasteiger partial charge in [-0.25, -0.2) is 18.5 Å². The molecule has 0 radical (unpaired) electrons. The molecule has 4 aromatic rings. The Morgan fingerprint density at radius 2 is 1.72 bits per heavy atom. The van der Waals surface area contributed by atoms with Crippen molar-refractivity contribution in [3.8, 4) is 22.6 Å². The van der Waals surface area contributed by atoms with E-state index in [4.69, 9.17) is 24.0 Å². The van der Waals surface area contributed by atoms with E-state index in [9.17, 15) is 8.42 Å². The second-order valence-electron chi connectivity index (χ2n) is 9.53. The molecular formula is C30H32N2O5S2. The zero-order chi connectivity index (χ0) is 27.3. The number of aromatic nitrogens is 1. The maximum Gasteiger partial charge on any atom is 0.238 e. The van der Waals surface area contributed by atoms with Gasteiger partial charge in [-0.05, 0) is 35.4 Å². The number of oxazole rings is 1. The van der Waals surface area contributed by atoms with Gasteiger partial charge in [0.15, 0.2) is 11.7 Å². The number of nitrogens with two attached hydrogens (primary N) is 1. The lowest BCUT2D eigenvalue weighted by Crippen LogP contribution is -2.35. The fourth-order valence-electron chi connectivity index (χ4n) is 4.86. The Bertz CT molecular complexity index is 1500. The Kier molecular flexibility index (Phi) is 8.54. The van der Waals surface area contributed by atoms with Gasteiger partial charge in [-0.3, -0.25) is 0 Å². The predicted molar refractivity (Wildman–Crippen MR) is 154 cm³/mol. The van der Waals surface area contributed by atoms with E-state index in [-0.39, 0.29) is 10.5 Å². The number of benzene rings is 3. The van der Waals surface area contributed by atoms with E-state index in [2.05, 4.69) is 24.3 Å². The second kappa shape index (κ2) is 12.1. The van der Waals surface area contributed by atoms with Crippen LogP contribution in [-0.4, -0.2) is 39.5 Å². The first-order chi connectivity index (χ1) is 18.9. The largest absolute Gasteiger partial charge is 0.440 e. The molecule has 204 valence electrons. The maximum absolute atomic E-state index is 11.7. The van der Waals surface area contributed by atoms with Crippen molar-refractivity contribution in [2.45, 2.75) is 35.5 Å². The minimum absolute atomic E-state index is 0.0564. The number of rotatable bonds is 10. The number of hydrogen-bond acceptors (Lipinski definition) is 7. The van der Waals surface area contributed by atoms with Gasteiger partial charge in [-0.2, -0.15) is 11.8 Å². The quantitative estimate of drug-likeness (QED) is 0.243.